The summed E-state index contributed by atoms with van der Waals surface area (Å²) < 4.78 is 0. The van der Waals surface area contributed by atoms with Crippen molar-refractivity contribution in [2.45, 2.75) is 63.1 Å². The van der Waals surface area contributed by atoms with Crippen LogP contribution in [0, 0.1) is 11.8 Å². The number of nitrogens with one attached hydrogen (secondary N) is 1. The molecule has 1 aliphatic heterocycles. The van der Waals surface area contributed by atoms with Gasteiger partial charge in [-0.2, -0.15) is 0 Å². The quantitative estimate of drug-likeness (QED) is 0.731. The van der Waals surface area contributed by atoms with E-state index in [-0.39, 0.29) is 34.7 Å². The lowest BCUT2D eigenvalue weighted by Gasteiger charge is -2.24. The van der Waals surface area contributed by atoms with Gasteiger partial charge >= 0.3 is 0 Å². The van der Waals surface area contributed by atoms with Gasteiger partial charge in [-0.3, -0.25) is 9.59 Å². The molecule has 1 N–H and O–H groups in total. The van der Waals surface area contributed by atoms with Crippen molar-refractivity contribution in [3.05, 3.63) is 0 Å². The highest BCUT2D eigenvalue weighted by molar-refractivity contribution is 8.01. The zero-order valence-corrected chi connectivity index (χ0v) is 12.4. The highest BCUT2D eigenvalue weighted by Crippen LogP contribution is 2.35. The first-order valence-corrected chi connectivity index (χ1v) is 7.83. The van der Waals surface area contributed by atoms with Crippen LogP contribution in [0.2, 0.25) is 0 Å². The van der Waals surface area contributed by atoms with Gasteiger partial charge in [0.15, 0.2) is 11.6 Å². The van der Waals surface area contributed by atoms with Crippen molar-refractivity contribution in [1.29, 1.82) is 0 Å². The van der Waals surface area contributed by atoms with Gasteiger partial charge in [0.25, 0.3) is 0 Å². The Morgan fingerprint density at radius 2 is 1.61 bits per heavy atom. The predicted octanol–water partition coefficient (Wildman–Crippen LogP) is 2.04. The number of ketones is 2. The minimum atomic E-state index is -0.276. The molecule has 0 amide bonds. The summed E-state index contributed by atoms with van der Waals surface area (Å²) in [5.41, 5.74) is 0. The largest absolute Gasteiger partial charge is 0.304 e. The predicted molar refractivity (Wildman–Crippen MR) is 74.8 cm³/mol. The zero-order chi connectivity index (χ0) is 13.4. The zero-order valence-electron chi connectivity index (χ0n) is 11.6. The van der Waals surface area contributed by atoms with Gasteiger partial charge < -0.3 is 5.32 Å². The Bertz CT molecular complexity index is 326. The normalized spacial score (nSPS) is 46.2. The highest BCUT2D eigenvalue weighted by atomic mass is 32.2. The van der Waals surface area contributed by atoms with Crippen LogP contribution < -0.4 is 5.32 Å². The van der Waals surface area contributed by atoms with Gasteiger partial charge in [-0.05, 0) is 19.8 Å². The van der Waals surface area contributed by atoms with Crippen LogP contribution in [-0.2, 0) is 9.59 Å². The van der Waals surface area contributed by atoms with Gasteiger partial charge in [-0.25, -0.2) is 0 Å². The molecule has 3 nitrogen and oxygen atoms in total. The van der Waals surface area contributed by atoms with E-state index >= 15 is 0 Å². The molecule has 2 aliphatic rings. The third-order valence-corrected chi connectivity index (χ3v) is 5.55. The molecule has 0 radical (unpaired) electrons. The van der Waals surface area contributed by atoms with Crippen LogP contribution in [0.15, 0.2) is 0 Å². The topological polar surface area (TPSA) is 46.2 Å². The van der Waals surface area contributed by atoms with Gasteiger partial charge in [0.05, 0.1) is 11.3 Å². The SMILES string of the molecule is CC1CC(C)SC2C(=O)C(C)CC(C)C(=O)C2N1. The molecule has 2 fully saturated rings. The molecule has 4 heteroatoms. The smallest absolute Gasteiger partial charge is 0.154 e. The summed E-state index contributed by atoms with van der Waals surface area (Å²) in [6, 6.07) is 0.0299. The van der Waals surface area contributed by atoms with Crippen molar-refractivity contribution < 1.29 is 9.59 Å². The molecule has 0 aromatic heterocycles. The van der Waals surface area contributed by atoms with E-state index < -0.39 is 0 Å². The molecule has 0 bridgehead atoms. The van der Waals surface area contributed by atoms with Crippen molar-refractivity contribution in [2.24, 2.45) is 11.8 Å². The molecule has 1 saturated heterocycles. The number of rotatable bonds is 0. The Balaban J connectivity index is 2.33. The first-order valence-electron chi connectivity index (χ1n) is 6.89. The van der Waals surface area contributed by atoms with Crippen molar-refractivity contribution >= 4 is 23.3 Å². The van der Waals surface area contributed by atoms with E-state index in [1.54, 1.807) is 11.8 Å². The molecular formula is C14H23NO2S. The number of fused-ring (bicyclic) bond motifs is 1. The van der Waals surface area contributed by atoms with Crippen LogP contribution >= 0.6 is 11.8 Å². The maximum absolute atomic E-state index is 12.5. The molecule has 6 atom stereocenters. The Kier molecular flexibility index (Phi) is 4.17. The summed E-state index contributed by atoms with van der Waals surface area (Å²) in [4.78, 5) is 24.9. The fraction of sp³-hybridized carbons (Fsp3) is 0.857. The molecule has 102 valence electrons. The number of thioether (sulfide) groups is 1. The molecule has 0 aromatic carbocycles. The Hall–Kier alpha value is -0.350. The molecule has 2 rings (SSSR count). The standard InChI is InChI=1S/C14H23NO2S/c1-7-5-8(2)13(17)14-11(12(7)16)15-9(3)6-10(4)18-14/h7-11,14-15H,5-6H2,1-4H3. The van der Waals surface area contributed by atoms with E-state index in [9.17, 15) is 9.59 Å². The highest BCUT2D eigenvalue weighted by Gasteiger charge is 2.44. The maximum Gasteiger partial charge on any atom is 0.154 e. The van der Waals surface area contributed by atoms with Crippen LogP contribution in [0.25, 0.3) is 0 Å². The van der Waals surface area contributed by atoms with E-state index in [4.69, 9.17) is 0 Å². The molecule has 1 saturated carbocycles. The summed E-state index contributed by atoms with van der Waals surface area (Å²) in [7, 11) is 0. The first-order chi connectivity index (χ1) is 8.40. The van der Waals surface area contributed by atoms with Gasteiger partial charge in [-0.15, -0.1) is 11.8 Å². The van der Waals surface area contributed by atoms with Crippen LogP contribution in [-0.4, -0.2) is 34.2 Å². The van der Waals surface area contributed by atoms with E-state index in [1.165, 1.54) is 0 Å². The van der Waals surface area contributed by atoms with Crippen LogP contribution in [0.4, 0.5) is 0 Å². The lowest BCUT2D eigenvalue weighted by atomic mass is 9.94. The van der Waals surface area contributed by atoms with Crippen molar-refractivity contribution in [1.82, 2.24) is 5.32 Å². The molecular weight excluding hydrogens is 246 g/mol. The molecule has 6 unspecified atom stereocenters. The molecule has 18 heavy (non-hydrogen) atoms. The summed E-state index contributed by atoms with van der Waals surface area (Å²) in [6.07, 6.45) is 1.72. The van der Waals surface area contributed by atoms with Gasteiger partial charge in [0, 0.05) is 23.1 Å². The molecule has 0 aromatic rings. The first kappa shape index (κ1) is 14.1. The Morgan fingerprint density at radius 1 is 1.00 bits per heavy atom. The van der Waals surface area contributed by atoms with E-state index in [0.717, 1.165) is 6.42 Å². The van der Waals surface area contributed by atoms with Crippen molar-refractivity contribution in [3.63, 3.8) is 0 Å². The second-order valence-electron chi connectivity index (χ2n) is 5.99. The maximum atomic E-state index is 12.5. The number of carbonyl (C=O) groups is 2. The van der Waals surface area contributed by atoms with Gasteiger partial charge in [0.1, 0.15) is 0 Å². The fourth-order valence-corrected chi connectivity index (χ4v) is 4.79. The summed E-state index contributed by atoms with van der Waals surface area (Å²) in [5, 5.41) is 3.64. The minimum absolute atomic E-state index is 0.00680. The molecule has 0 spiro atoms. The summed E-state index contributed by atoms with van der Waals surface area (Å²) >= 11 is 1.69. The summed E-state index contributed by atoms with van der Waals surface area (Å²) in [6.45, 7) is 8.19. The summed E-state index contributed by atoms with van der Waals surface area (Å²) in [5.74, 6) is 0.490. The van der Waals surface area contributed by atoms with Gasteiger partial charge in [0.2, 0.25) is 0 Å². The van der Waals surface area contributed by atoms with E-state index in [0.29, 0.717) is 17.7 Å². The number of Topliss-reactive ketones (excluding diaryl/α,β-unsaturated/α-hetero) is 2. The average Bonchev–Trinajstić information content (AvgIpc) is 2.47. The second kappa shape index (κ2) is 5.33. The second-order valence-corrected chi connectivity index (χ2v) is 7.58. The van der Waals surface area contributed by atoms with Crippen LogP contribution in [0.3, 0.4) is 0 Å². The fourth-order valence-electron chi connectivity index (χ4n) is 3.16. The molecule has 1 heterocycles. The van der Waals surface area contributed by atoms with E-state index in [1.807, 2.05) is 13.8 Å². The average molecular weight is 269 g/mol. The monoisotopic (exact) mass is 269 g/mol. The van der Waals surface area contributed by atoms with Crippen molar-refractivity contribution in [3.8, 4) is 0 Å². The number of carbonyl (C=O) groups excluding carboxylic acids is 2. The third-order valence-electron chi connectivity index (χ3n) is 4.10. The Morgan fingerprint density at radius 3 is 2.28 bits per heavy atom. The van der Waals surface area contributed by atoms with Crippen LogP contribution in [0.5, 0.6) is 0 Å². The van der Waals surface area contributed by atoms with Crippen LogP contribution in [0.1, 0.15) is 40.5 Å². The van der Waals surface area contributed by atoms with Crippen molar-refractivity contribution in [2.75, 3.05) is 0 Å². The van der Waals surface area contributed by atoms with E-state index in [2.05, 4.69) is 19.2 Å². The lowest BCUT2D eigenvalue weighted by molar-refractivity contribution is -0.126. The van der Waals surface area contributed by atoms with Gasteiger partial charge in [-0.1, -0.05) is 20.8 Å². The Labute approximate surface area is 113 Å². The minimum Gasteiger partial charge on any atom is -0.304 e. The number of hydrogen-bond donors (Lipinski definition) is 1. The lowest BCUT2D eigenvalue weighted by Crippen LogP contribution is -2.50. The third kappa shape index (κ3) is 2.64. The molecule has 1 aliphatic carbocycles. The number of hydrogen-bond acceptors (Lipinski definition) is 4.